The molecular formula is C18H20FNO. The van der Waals surface area contributed by atoms with Crippen molar-refractivity contribution in [2.24, 2.45) is 0 Å². The number of benzene rings is 2. The largest absolute Gasteiger partial charge is 0.491 e. The van der Waals surface area contributed by atoms with Gasteiger partial charge in [-0.25, -0.2) is 4.39 Å². The molecule has 1 aliphatic carbocycles. The van der Waals surface area contributed by atoms with Crippen LogP contribution in [0.5, 0.6) is 5.75 Å². The quantitative estimate of drug-likeness (QED) is 0.868. The fourth-order valence-electron chi connectivity index (χ4n) is 2.83. The number of ether oxygens (including phenoxy) is 1. The maximum absolute atomic E-state index is 13.8. The SMILES string of the molecule is CCOc1ccc(NC2CC(c3ccccc3)C2)cc1F. The molecule has 1 fully saturated rings. The Morgan fingerprint density at radius 3 is 2.57 bits per heavy atom. The van der Waals surface area contributed by atoms with Gasteiger partial charge in [-0.15, -0.1) is 0 Å². The molecule has 0 atom stereocenters. The Morgan fingerprint density at radius 1 is 1.14 bits per heavy atom. The molecule has 0 unspecified atom stereocenters. The fourth-order valence-corrected chi connectivity index (χ4v) is 2.83. The van der Waals surface area contributed by atoms with Crippen LogP contribution < -0.4 is 10.1 Å². The number of halogens is 1. The van der Waals surface area contributed by atoms with Crippen molar-refractivity contribution in [1.82, 2.24) is 0 Å². The Balaban J connectivity index is 1.56. The standard InChI is InChI=1S/C18H20FNO/c1-2-21-18-9-8-15(12-17(18)19)20-16-10-14(11-16)13-6-4-3-5-7-13/h3-9,12,14,16,20H,2,10-11H2,1H3. The van der Waals surface area contributed by atoms with Crippen molar-refractivity contribution in [3.8, 4) is 5.75 Å². The molecule has 0 amide bonds. The van der Waals surface area contributed by atoms with Gasteiger partial charge in [-0.2, -0.15) is 0 Å². The predicted molar refractivity (Wildman–Crippen MR) is 83.4 cm³/mol. The molecule has 0 bridgehead atoms. The first-order valence-electron chi connectivity index (χ1n) is 7.50. The van der Waals surface area contributed by atoms with Gasteiger partial charge < -0.3 is 10.1 Å². The Kier molecular flexibility index (Phi) is 4.09. The van der Waals surface area contributed by atoms with Crippen LogP contribution in [0, 0.1) is 5.82 Å². The highest BCUT2D eigenvalue weighted by atomic mass is 19.1. The van der Waals surface area contributed by atoms with E-state index in [4.69, 9.17) is 4.74 Å². The summed E-state index contributed by atoms with van der Waals surface area (Å²) in [6, 6.07) is 16.1. The van der Waals surface area contributed by atoms with Crippen LogP contribution in [0.3, 0.4) is 0 Å². The highest BCUT2D eigenvalue weighted by Crippen LogP contribution is 2.38. The summed E-state index contributed by atoms with van der Waals surface area (Å²) in [7, 11) is 0. The number of rotatable bonds is 5. The molecule has 2 aromatic rings. The zero-order valence-electron chi connectivity index (χ0n) is 12.2. The molecule has 3 heteroatoms. The third-order valence-electron chi connectivity index (χ3n) is 4.01. The van der Waals surface area contributed by atoms with Crippen LogP contribution in [0.15, 0.2) is 48.5 Å². The minimum atomic E-state index is -0.305. The second kappa shape index (κ2) is 6.17. The summed E-state index contributed by atoms with van der Waals surface area (Å²) in [4.78, 5) is 0. The van der Waals surface area contributed by atoms with Crippen LogP contribution in [0.25, 0.3) is 0 Å². The molecule has 2 nitrogen and oxygen atoms in total. The molecule has 110 valence electrons. The van der Waals surface area contributed by atoms with E-state index in [2.05, 4.69) is 29.6 Å². The molecule has 2 aromatic carbocycles. The van der Waals surface area contributed by atoms with E-state index in [1.54, 1.807) is 6.07 Å². The van der Waals surface area contributed by atoms with Crippen molar-refractivity contribution >= 4 is 5.69 Å². The third-order valence-corrected chi connectivity index (χ3v) is 4.01. The first-order valence-corrected chi connectivity index (χ1v) is 7.50. The van der Waals surface area contributed by atoms with Gasteiger partial charge in [-0.3, -0.25) is 0 Å². The monoisotopic (exact) mass is 285 g/mol. The third kappa shape index (κ3) is 3.18. The molecular weight excluding hydrogens is 265 g/mol. The molecule has 0 spiro atoms. The second-order valence-corrected chi connectivity index (χ2v) is 5.50. The molecule has 0 heterocycles. The van der Waals surface area contributed by atoms with Crippen molar-refractivity contribution in [3.05, 3.63) is 59.9 Å². The van der Waals surface area contributed by atoms with Gasteiger partial charge in [-0.05, 0) is 43.4 Å². The first kappa shape index (κ1) is 13.9. The second-order valence-electron chi connectivity index (χ2n) is 5.50. The number of hydrogen-bond acceptors (Lipinski definition) is 2. The predicted octanol–water partition coefficient (Wildman–Crippen LogP) is 4.58. The van der Waals surface area contributed by atoms with E-state index in [9.17, 15) is 4.39 Å². The van der Waals surface area contributed by atoms with Crippen LogP contribution in [-0.2, 0) is 0 Å². The molecule has 0 radical (unpaired) electrons. The highest BCUT2D eigenvalue weighted by molar-refractivity contribution is 5.48. The molecule has 1 aliphatic rings. The summed E-state index contributed by atoms with van der Waals surface area (Å²) < 4.78 is 19.0. The fraction of sp³-hybridized carbons (Fsp3) is 0.333. The smallest absolute Gasteiger partial charge is 0.167 e. The van der Waals surface area contributed by atoms with Gasteiger partial charge in [0.25, 0.3) is 0 Å². The lowest BCUT2D eigenvalue weighted by molar-refractivity contribution is 0.321. The Morgan fingerprint density at radius 2 is 1.90 bits per heavy atom. The number of nitrogens with one attached hydrogen (secondary N) is 1. The highest BCUT2D eigenvalue weighted by Gasteiger charge is 2.30. The lowest BCUT2D eigenvalue weighted by Crippen LogP contribution is -2.33. The molecule has 1 saturated carbocycles. The topological polar surface area (TPSA) is 21.3 Å². The summed E-state index contributed by atoms with van der Waals surface area (Å²) in [6.45, 7) is 2.33. The minimum Gasteiger partial charge on any atom is -0.491 e. The van der Waals surface area contributed by atoms with Crippen LogP contribution in [0.4, 0.5) is 10.1 Å². The van der Waals surface area contributed by atoms with E-state index in [0.717, 1.165) is 18.5 Å². The van der Waals surface area contributed by atoms with Crippen LogP contribution in [0.2, 0.25) is 0 Å². The van der Waals surface area contributed by atoms with E-state index in [0.29, 0.717) is 24.3 Å². The zero-order chi connectivity index (χ0) is 14.7. The van der Waals surface area contributed by atoms with E-state index in [1.807, 2.05) is 19.1 Å². The molecule has 1 N–H and O–H groups in total. The minimum absolute atomic E-state index is 0.305. The number of hydrogen-bond donors (Lipinski definition) is 1. The zero-order valence-corrected chi connectivity index (χ0v) is 12.2. The molecule has 3 rings (SSSR count). The lowest BCUT2D eigenvalue weighted by atomic mass is 9.76. The average Bonchev–Trinajstić information content (AvgIpc) is 2.46. The van der Waals surface area contributed by atoms with Gasteiger partial charge in [0.15, 0.2) is 11.6 Å². The van der Waals surface area contributed by atoms with Gasteiger partial charge in [0, 0.05) is 17.8 Å². The van der Waals surface area contributed by atoms with Gasteiger partial charge >= 0.3 is 0 Å². The Hall–Kier alpha value is -2.03. The van der Waals surface area contributed by atoms with Gasteiger partial charge in [0.1, 0.15) is 0 Å². The molecule has 0 aliphatic heterocycles. The summed E-state index contributed by atoms with van der Waals surface area (Å²) in [5.41, 5.74) is 2.22. The van der Waals surface area contributed by atoms with Crippen molar-refractivity contribution in [3.63, 3.8) is 0 Å². The van der Waals surface area contributed by atoms with Gasteiger partial charge in [0.05, 0.1) is 6.61 Å². The summed E-state index contributed by atoms with van der Waals surface area (Å²) in [5, 5.41) is 3.39. The van der Waals surface area contributed by atoms with Crippen molar-refractivity contribution < 1.29 is 9.13 Å². The maximum Gasteiger partial charge on any atom is 0.167 e. The first-order chi connectivity index (χ1) is 10.3. The Bertz CT molecular complexity index is 593. The summed E-state index contributed by atoms with van der Waals surface area (Å²) >= 11 is 0. The molecule has 0 aromatic heterocycles. The van der Waals surface area contributed by atoms with Crippen molar-refractivity contribution in [2.75, 3.05) is 11.9 Å². The number of anilines is 1. The van der Waals surface area contributed by atoms with Crippen LogP contribution in [-0.4, -0.2) is 12.6 Å². The van der Waals surface area contributed by atoms with Crippen molar-refractivity contribution in [2.45, 2.75) is 31.7 Å². The summed E-state index contributed by atoms with van der Waals surface area (Å²) in [6.07, 6.45) is 2.19. The van der Waals surface area contributed by atoms with Gasteiger partial charge in [0.2, 0.25) is 0 Å². The van der Waals surface area contributed by atoms with Crippen molar-refractivity contribution in [1.29, 1.82) is 0 Å². The molecule has 0 saturated heterocycles. The van der Waals surface area contributed by atoms with E-state index < -0.39 is 0 Å². The lowest BCUT2D eigenvalue weighted by Gasteiger charge is -2.37. The van der Waals surface area contributed by atoms with Crippen LogP contribution >= 0.6 is 0 Å². The maximum atomic E-state index is 13.8. The van der Waals surface area contributed by atoms with E-state index in [-0.39, 0.29) is 5.82 Å². The molecule has 21 heavy (non-hydrogen) atoms. The average molecular weight is 285 g/mol. The van der Waals surface area contributed by atoms with E-state index >= 15 is 0 Å². The van der Waals surface area contributed by atoms with Gasteiger partial charge in [-0.1, -0.05) is 30.3 Å². The van der Waals surface area contributed by atoms with Crippen LogP contribution in [0.1, 0.15) is 31.2 Å². The summed E-state index contributed by atoms with van der Waals surface area (Å²) in [5.74, 6) is 0.635. The normalized spacial score (nSPS) is 20.7. The van der Waals surface area contributed by atoms with E-state index in [1.165, 1.54) is 11.6 Å². The Labute approximate surface area is 125 Å².